The maximum atomic E-state index is 12.9. The van der Waals surface area contributed by atoms with E-state index in [9.17, 15) is 8.78 Å². The van der Waals surface area contributed by atoms with Crippen LogP contribution in [0.1, 0.15) is 24.8 Å². The van der Waals surface area contributed by atoms with Crippen molar-refractivity contribution in [3.8, 4) is 0 Å². The Morgan fingerprint density at radius 3 is 2.43 bits per heavy atom. The average Bonchev–Trinajstić information content (AvgIpc) is 2.00. The molecule has 0 unspecified atom stereocenters. The van der Waals surface area contributed by atoms with Crippen LogP contribution in [-0.4, -0.2) is 6.43 Å². The van der Waals surface area contributed by atoms with Crippen LogP contribution in [0.15, 0.2) is 24.3 Å². The van der Waals surface area contributed by atoms with Crippen LogP contribution in [0.3, 0.4) is 0 Å². The van der Waals surface area contributed by atoms with Gasteiger partial charge in [-0.1, -0.05) is 30.2 Å². The van der Waals surface area contributed by atoms with Crippen LogP contribution in [-0.2, 0) is 5.41 Å². The maximum Gasteiger partial charge on any atom is 0.248 e. The number of hydrogen-bond donors (Lipinski definition) is 0. The topological polar surface area (TPSA) is 0 Å². The first kappa shape index (κ1) is 9.91. The molecule has 0 radical (unpaired) electrons. The summed E-state index contributed by atoms with van der Waals surface area (Å²) in [5.74, 6) is 0. The molecule has 3 heteroatoms. The van der Waals surface area contributed by atoms with Gasteiger partial charge in [0.2, 0.25) is 6.43 Å². The summed E-state index contributed by atoms with van der Waals surface area (Å²) in [7, 11) is 0. The minimum absolute atomic E-state index is 0.537. The molecule has 0 N–H and O–H groups in total. The van der Waals surface area contributed by atoms with E-state index in [1.165, 1.54) is 0 Å². The highest BCUT2D eigenvalue weighted by molar-refractivity contribution is 6.30. The first-order chi connectivity index (χ1) is 6.65. The van der Waals surface area contributed by atoms with E-state index in [1.54, 1.807) is 24.3 Å². The third-order valence-corrected chi connectivity index (χ3v) is 3.30. The summed E-state index contributed by atoms with van der Waals surface area (Å²) in [6.07, 6.45) is -0.248. The third-order valence-electron chi connectivity index (χ3n) is 3.06. The maximum absolute atomic E-state index is 12.9. The molecule has 1 aromatic carbocycles. The summed E-state index contributed by atoms with van der Waals surface area (Å²) in [6, 6.07) is 6.85. The summed E-state index contributed by atoms with van der Waals surface area (Å²) in [4.78, 5) is 0. The molecule has 0 aromatic heterocycles. The number of halogens is 3. The Labute approximate surface area is 86.9 Å². The molecule has 0 aliphatic heterocycles. The van der Waals surface area contributed by atoms with Crippen LogP contribution < -0.4 is 0 Å². The lowest BCUT2D eigenvalue weighted by Crippen LogP contribution is -2.41. The van der Waals surface area contributed by atoms with E-state index in [0.29, 0.717) is 23.4 Å². The lowest BCUT2D eigenvalue weighted by atomic mass is 9.65. The normalized spacial score (nSPS) is 19.4. The monoisotopic (exact) mass is 216 g/mol. The van der Waals surface area contributed by atoms with E-state index in [0.717, 1.165) is 6.42 Å². The Bertz CT molecular complexity index is 332. The molecule has 14 heavy (non-hydrogen) atoms. The molecular formula is C11H11ClF2. The zero-order valence-electron chi connectivity index (χ0n) is 7.64. The van der Waals surface area contributed by atoms with Gasteiger partial charge in [0, 0.05) is 5.02 Å². The van der Waals surface area contributed by atoms with Gasteiger partial charge in [0.05, 0.1) is 5.41 Å². The summed E-state index contributed by atoms with van der Waals surface area (Å²) in [5.41, 5.74) is -0.225. The molecule has 2 rings (SSSR count). The Hall–Kier alpha value is -0.630. The summed E-state index contributed by atoms with van der Waals surface area (Å²) in [6.45, 7) is 0. The van der Waals surface area contributed by atoms with Gasteiger partial charge >= 0.3 is 0 Å². The molecule has 1 aliphatic carbocycles. The van der Waals surface area contributed by atoms with E-state index < -0.39 is 11.8 Å². The van der Waals surface area contributed by atoms with Crippen molar-refractivity contribution in [2.45, 2.75) is 31.1 Å². The van der Waals surface area contributed by atoms with Gasteiger partial charge in [0.25, 0.3) is 0 Å². The molecule has 76 valence electrons. The minimum Gasteiger partial charge on any atom is -0.210 e. The molecule has 1 aromatic rings. The van der Waals surface area contributed by atoms with E-state index >= 15 is 0 Å². The fourth-order valence-electron chi connectivity index (χ4n) is 1.99. The van der Waals surface area contributed by atoms with Gasteiger partial charge in [-0.3, -0.25) is 0 Å². The molecule has 0 atom stereocenters. The number of rotatable bonds is 2. The number of hydrogen-bond acceptors (Lipinski definition) is 0. The quantitative estimate of drug-likeness (QED) is 0.700. The highest BCUT2D eigenvalue weighted by Crippen LogP contribution is 2.48. The Morgan fingerprint density at radius 2 is 2.00 bits per heavy atom. The molecule has 1 fully saturated rings. The summed E-state index contributed by atoms with van der Waals surface area (Å²) < 4.78 is 25.8. The zero-order chi connectivity index (χ0) is 10.2. The fourth-order valence-corrected chi connectivity index (χ4v) is 2.18. The summed E-state index contributed by atoms with van der Waals surface area (Å²) in [5, 5.41) is 0.537. The Balaban J connectivity index is 2.37. The zero-order valence-corrected chi connectivity index (χ0v) is 8.40. The highest BCUT2D eigenvalue weighted by atomic mass is 35.5. The van der Waals surface area contributed by atoms with Gasteiger partial charge in [-0.15, -0.1) is 0 Å². The average molecular weight is 217 g/mol. The van der Waals surface area contributed by atoms with Gasteiger partial charge in [-0.25, -0.2) is 8.78 Å². The second kappa shape index (κ2) is 3.50. The SMILES string of the molecule is FC(F)C1(c2cccc(Cl)c2)CCC1. The van der Waals surface area contributed by atoms with Crippen LogP contribution in [0.4, 0.5) is 8.78 Å². The molecule has 0 nitrogen and oxygen atoms in total. The molecular weight excluding hydrogens is 206 g/mol. The van der Waals surface area contributed by atoms with E-state index in [-0.39, 0.29) is 0 Å². The first-order valence-electron chi connectivity index (χ1n) is 4.69. The van der Waals surface area contributed by atoms with Crippen molar-refractivity contribution in [2.75, 3.05) is 0 Å². The molecule has 0 saturated heterocycles. The van der Waals surface area contributed by atoms with Crippen molar-refractivity contribution in [3.63, 3.8) is 0 Å². The standard InChI is InChI=1S/C11H11ClF2/c12-9-4-1-3-8(7-9)11(10(13)14)5-2-6-11/h1,3-4,7,10H,2,5-6H2. The van der Waals surface area contributed by atoms with Crippen molar-refractivity contribution >= 4 is 11.6 Å². The van der Waals surface area contributed by atoms with Gasteiger partial charge in [-0.05, 0) is 30.5 Å². The van der Waals surface area contributed by atoms with E-state index in [1.807, 2.05) is 0 Å². The van der Waals surface area contributed by atoms with E-state index in [2.05, 4.69) is 0 Å². The van der Waals surface area contributed by atoms with Crippen LogP contribution in [0.5, 0.6) is 0 Å². The minimum atomic E-state index is -2.28. The molecule has 0 bridgehead atoms. The Kier molecular flexibility index (Phi) is 2.48. The van der Waals surface area contributed by atoms with Crippen molar-refractivity contribution in [1.29, 1.82) is 0 Å². The van der Waals surface area contributed by atoms with Gasteiger partial charge < -0.3 is 0 Å². The second-order valence-corrected chi connectivity index (χ2v) is 4.26. The van der Waals surface area contributed by atoms with Crippen molar-refractivity contribution in [3.05, 3.63) is 34.9 Å². The van der Waals surface area contributed by atoms with Crippen LogP contribution in [0.2, 0.25) is 5.02 Å². The largest absolute Gasteiger partial charge is 0.248 e. The molecule has 1 saturated carbocycles. The predicted octanol–water partition coefficient (Wildman–Crippen LogP) is 4.03. The van der Waals surface area contributed by atoms with Crippen molar-refractivity contribution in [1.82, 2.24) is 0 Å². The summed E-state index contributed by atoms with van der Waals surface area (Å²) >= 11 is 5.79. The molecule has 0 spiro atoms. The van der Waals surface area contributed by atoms with E-state index in [4.69, 9.17) is 11.6 Å². The number of benzene rings is 1. The van der Waals surface area contributed by atoms with Crippen molar-refractivity contribution < 1.29 is 8.78 Å². The highest BCUT2D eigenvalue weighted by Gasteiger charge is 2.46. The smallest absolute Gasteiger partial charge is 0.210 e. The van der Waals surface area contributed by atoms with Gasteiger partial charge in [0.15, 0.2) is 0 Å². The second-order valence-electron chi connectivity index (χ2n) is 3.82. The van der Waals surface area contributed by atoms with Crippen LogP contribution >= 0.6 is 11.6 Å². The van der Waals surface area contributed by atoms with Crippen LogP contribution in [0.25, 0.3) is 0 Å². The molecule has 0 amide bonds. The third kappa shape index (κ3) is 1.42. The number of alkyl halides is 2. The lowest BCUT2D eigenvalue weighted by Gasteiger charge is -2.41. The van der Waals surface area contributed by atoms with Crippen molar-refractivity contribution in [2.24, 2.45) is 0 Å². The van der Waals surface area contributed by atoms with Gasteiger partial charge in [0.1, 0.15) is 0 Å². The first-order valence-corrected chi connectivity index (χ1v) is 5.07. The van der Waals surface area contributed by atoms with Crippen LogP contribution in [0, 0.1) is 0 Å². The Morgan fingerprint density at radius 1 is 1.29 bits per heavy atom. The fraction of sp³-hybridized carbons (Fsp3) is 0.455. The molecule has 1 aliphatic rings. The predicted molar refractivity (Wildman–Crippen MR) is 53.0 cm³/mol. The van der Waals surface area contributed by atoms with Gasteiger partial charge in [-0.2, -0.15) is 0 Å². The lowest BCUT2D eigenvalue weighted by molar-refractivity contribution is 0.000846. The molecule has 0 heterocycles.